The number of nitrogens with zero attached hydrogens (tertiary/aromatic N) is 4. The highest BCUT2D eigenvalue weighted by atomic mass is 16.1. The Morgan fingerprint density at radius 2 is 1.59 bits per heavy atom. The zero-order valence-corrected chi connectivity index (χ0v) is 24.6. The second-order valence-corrected chi connectivity index (χ2v) is 11.8. The van der Waals surface area contributed by atoms with Crippen LogP contribution in [0.25, 0.3) is 11.3 Å². The second-order valence-electron chi connectivity index (χ2n) is 11.8. The SMILES string of the molecule is Cc1c(NC(=O)c2ccc(C(C)(C)C)cc2)cccc1-c1cn(C)c(=O)c(N(c2ccccc2)N2CCCCC2)n1. The molecule has 1 aliphatic rings. The average molecular weight is 550 g/mol. The number of hydrazine groups is 1. The summed E-state index contributed by atoms with van der Waals surface area (Å²) in [6, 6.07) is 23.5. The van der Waals surface area contributed by atoms with Crippen LogP contribution in [0.3, 0.4) is 0 Å². The van der Waals surface area contributed by atoms with Gasteiger partial charge in [-0.1, -0.05) is 69.7 Å². The van der Waals surface area contributed by atoms with Crippen molar-refractivity contribution < 1.29 is 4.79 Å². The fourth-order valence-electron chi connectivity index (χ4n) is 5.29. The van der Waals surface area contributed by atoms with Gasteiger partial charge < -0.3 is 9.88 Å². The van der Waals surface area contributed by atoms with Crippen LogP contribution in [-0.2, 0) is 12.5 Å². The topological polar surface area (TPSA) is 70.5 Å². The van der Waals surface area contributed by atoms with E-state index in [9.17, 15) is 9.59 Å². The normalized spacial score (nSPS) is 14.1. The van der Waals surface area contributed by atoms with Gasteiger partial charge in [-0.25, -0.2) is 9.99 Å². The van der Waals surface area contributed by atoms with Crippen molar-refractivity contribution in [1.29, 1.82) is 0 Å². The molecule has 5 rings (SSSR count). The van der Waals surface area contributed by atoms with Crippen molar-refractivity contribution in [2.75, 3.05) is 23.4 Å². The van der Waals surface area contributed by atoms with Crippen LogP contribution in [0.1, 0.15) is 61.5 Å². The highest BCUT2D eigenvalue weighted by molar-refractivity contribution is 6.05. The first-order valence-corrected chi connectivity index (χ1v) is 14.3. The van der Waals surface area contributed by atoms with E-state index in [0.29, 0.717) is 22.8 Å². The van der Waals surface area contributed by atoms with Crippen LogP contribution in [-0.4, -0.2) is 33.6 Å². The van der Waals surface area contributed by atoms with Gasteiger partial charge in [-0.3, -0.25) is 14.6 Å². The van der Waals surface area contributed by atoms with Gasteiger partial charge >= 0.3 is 0 Å². The van der Waals surface area contributed by atoms with Crippen molar-refractivity contribution >= 4 is 23.1 Å². The maximum Gasteiger partial charge on any atom is 0.295 e. The summed E-state index contributed by atoms with van der Waals surface area (Å²) in [6.07, 6.45) is 5.10. The molecule has 4 aromatic rings. The highest BCUT2D eigenvalue weighted by Gasteiger charge is 2.25. The minimum absolute atomic E-state index is 0.0195. The first-order chi connectivity index (χ1) is 19.6. The summed E-state index contributed by atoms with van der Waals surface area (Å²) in [6.45, 7) is 10.2. The Morgan fingerprint density at radius 3 is 2.24 bits per heavy atom. The summed E-state index contributed by atoms with van der Waals surface area (Å²) in [5.41, 5.74) is 5.66. The fourth-order valence-corrected chi connectivity index (χ4v) is 5.29. The number of aromatic nitrogens is 2. The van der Waals surface area contributed by atoms with Crippen LogP contribution in [0.15, 0.2) is 83.8 Å². The van der Waals surface area contributed by atoms with E-state index >= 15 is 0 Å². The highest BCUT2D eigenvalue weighted by Crippen LogP contribution is 2.31. The lowest BCUT2D eigenvalue weighted by molar-refractivity contribution is 0.102. The van der Waals surface area contributed by atoms with Gasteiger partial charge in [0.1, 0.15) is 0 Å². The predicted molar refractivity (Wildman–Crippen MR) is 167 cm³/mol. The number of anilines is 3. The van der Waals surface area contributed by atoms with E-state index in [1.54, 1.807) is 17.8 Å². The van der Waals surface area contributed by atoms with Crippen molar-refractivity contribution in [3.8, 4) is 11.3 Å². The van der Waals surface area contributed by atoms with E-state index < -0.39 is 0 Å². The second kappa shape index (κ2) is 11.7. The number of aryl methyl sites for hydroxylation is 1. The van der Waals surface area contributed by atoms with Crippen molar-refractivity contribution in [3.05, 3.63) is 106 Å². The molecule has 1 saturated heterocycles. The van der Waals surface area contributed by atoms with Crippen LogP contribution in [0, 0.1) is 6.92 Å². The Balaban J connectivity index is 1.50. The van der Waals surface area contributed by atoms with E-state index in [1.807, 2.05) is 84.7 Å². The molecule has 2 heterocycles. The molecule has 0 unspecified atom stereocenters. The van der Waals surface area contributed by atoms with Gasteiger partial charge in [0.05, 0.1) is 11.4 Å². The van der Waals surface area contributed by atoms with Crippen LogP contribution in [0.5, 0.6) is 0 Å². The van der Waals surface area contributed by atoms with E-state index in [4.69, 9.17) is 4.98 Å². The molecule has 1 aliphatic heterocycles. The van der Waals surface area contributed by atoms with Crippen molar-refractivity contribution in [1.82, 2.24) is 14.6 Å². The van der Waals surface area contributed by atoms with Crippen molar-refractivity contribution in [2.45, 2.75) is 52.4 Å². The van der Waals surface area contributed by atoms with Crippen LogP contribution in [0.4, 0.5) is 17.2 Å². The molecule has 0 saturated carbocycles. The lowest BCUT2D eigenvalue weighted by atomic mass is 9.86. The van der Waals surface area contributed by atoms with Gasteiger partial charge in [0.2, 0.25) is 5.82 Å². The Bertz CT molecular complexity index is 1580. The van der Waals surface area contributed by atoms with Crippen molar-refractivity contribution in [2.24, 2.45) is 7.05 Å². The standard InChI is InChI=1S/C34H39N5O2/c1-24-28(15-12-16-29(24)36-32(40)25-17-19-26(20-18-25)34(2,3)4)30-23-37(5)33(41)31(35-30)39(27-13-8-6-9-14-27)38-21-10-7-11-22-38/h6,8-9,12-20,23H,7,10-11,21-22H2,1-5H3,(H,36,40). The molecule has 0 spiro atoms. The Labute approximate surface area is 242 Å². The smallest absolute Gasteiger partial charge is 0.295 e. The first-order valence-electron chi connectivity index (χ1n) is 14.3. The molecule has 3 aromatic carbocycles. The number of hydrogen-bond acceptors (Lipinski definition) is 5. The predicted octanol–water partition coefficient (Wildman–Crippen LogP) is 6.84. The number of nitrogens with one attached hydrogen (secondary N) is 1. The molecular formula is C34H39N5O2. The Hall–Kier alpha value is -4.23. The summed E-state index contributed by atoms with van der Waals surface area (Å²) >= 11 is 0. The van der Waals surface area contributed by atoms with E-state index in [0.717, 1.165) is 42.7 Å². The lowest BCUT2D eigenvalue weighted by Crippen LogP contribution is -2.46. The molecule has 0 bridgehead atoms. The molecule has 7 heteroatoms. The summed E-state index contributed by atoms with van der Waals surface area (Å²) in [4.78, 5) is 31.7. The number of amides is 1. The number of hydrogen-bond donors (Lipinski definition) is 1. The number of carbonyl (C=O) groups is 1. The van der Waals surface area contributed by atoms with Crippen LogP contribution in [0.2, 0.25) is 0 Å². The number of benzene rings is 3. The molecule has 1 N–H and O–H groups in total. The van der Waals surface area contributed by atoms with E-state index in [-0.39, 0.29) is 16.9 Å². The summed E-state index contributed by atoms with van der Waals surface area (Å²) < 4.78 is 1.60. The fraction of sp³-hybridized carbons (Fsp3) is 0.324. The monoisotopic (exact) mass is 549 g/mol. The maximum absolute atomic E-state index is 13.5. The average Bonchev–Trinajstić information content (AvgIpc) is 2.97. The minimum Gasteiger partial charge on any atom is -0.322 e. The lowest BCUT2D eigenvalue weighted by Gasteiger charge is -2.37. The number of para-hydroxylation sites is 1. The number of rotatable bonds is 6. The van der Waals surface area contributed by atoms with Crippen LogP contribution < -0.4 is 15.9 Å². The molecular weight excluding hydrogens is 510 g/mol. The van der Waals surface area contributed by atoms with Gasteiger partial charge in [-0.15, -0.1) is 0 Å². The molecule has 0 radical (unpaired) electrons. The Morgan fingerprint density at radius 1 is 0.902 bits per heavy atom. The molecule has 0 atom stereocenters. The largest absolute Gasteiger partial charge is 0.322 e. The minimum atomic E-state index is -0.167. The summed E-state index contributed by atoms with van der Waals surface area (Å²) in [7, 11) is 1.76. The molecule has 7 nitrogen and oxygen atoms in total. The van der Waals surface area contributed by atoms with Crippen LogP contribution >= 0.6 is 0 Å². The van der Waals surface area contributed by atoms with Gasteiger partial charge in [-0.2, -0.15) is 0 Å². The molecule has 1 fully saturated rings. The molecule has 1 aromatic heterocycles. The summed E-state index contributed by atoms with van der Waals surface area (Å²) in [5.74, 6) is 0.200. The summed E-state index contributed by atoms with van der Waals surface area (Å²) in [5, 5.41) is 7.28. The van der Waals surface area contributed by atoms with Gasteiger partial charge in [-0.05, 0) is 66.6 Å². The molecule has 41 heavy (non-hydrogen) atoms. The quantitative estimate of drug-likeness (QED) is 0.285. The van der Waals surface area contributed by atoms with Gasteiger partial charge in [0.25, 0.3) is 11.5 Å². The maximum atomic E-state index is 13.5. The third kappa shape index (κ3) is 6.10. The molecule has 1 amide bonds. The molecule has 212 valence electrons. The van der Waals surface area contributed by atoms with E-state index in [1.165, 1.54) is 12.0 Å². The third-order valence-electron chi connectivity index (χ3n) is 7.74. The van der Waals surface area contributed by atoms with Gasteiger partial charge in [0, 0.05) is 43.1 Å². The third-order valence-corrected chi connectivity index (χ3v) is 7.74. The molecule has 0 aliphatic carbocycles. The van der Waals surface area contributed by atoms with Crippen molar-refractivity contribution in [3.63, 3.8) is 0 Å². The first kappa shape index (κ1) is 28.3. The van der Waals surface area contributed by atoms with E-state index in [2.05, 4.69) is 31.1 Å². The number of piperidine rings is 1. The van der Waals surface area contributed by atoms with Gasteiger partial charge in [0.15, 0.2) is 0 Å². The zero-order chi connectivity index (χ0) is 29.1. The number of carbonyl (C=O) groups excluding carboxylic acids is 1. The zero-order valence-electron chi connectivity index (χ0n) is 24.6. The Kier molecular flexibility index (Phi) is 8.08.